The van der Waals surface area contributed by atoms with Gasteiger partial charge in [-0.3, -0.25) is 0 Å². The van der Waals surface area contributed by atoms with Crippen molar-refractivity contribution >= 4 is 51.9 Å². The Morgan fingerprint density at radius 1 is 0.689 bits per heavy atom. The highest BCUT2D eigenvalue weighted by atomic mass is 32.2. The van der Waals surface area contributed by atoms with Crippen molar-refractivity contribution in [2.45, 2.75) is 74.2 Å². The van der Waals surface area contributed by atoms with Gasteiger partial charge in [0, 0.05) is 46.6 Å². The molecule has 0 fully saturated rings. The zero-order chi connectivity index (χ0) is 43.9. The first kappa shape index (κ1) is 43.4. The standard InChI is InChI=1S/C45H48N4O9S3/c1-29-25-32(21-24-40(29)57-7)28-47-60(52,53)44-42(45(3,4)5)37-16-9-11-18-39(37)49(44)61(54,55)35-14-12-13-34(26-35)58-30(2)41-36-15-8-10-17-38(36)48-43(41)59(50,51)46-27-31-19-22-33(56-6)23-20-31/h8-26,30,46-48H,27-28H2,1-7H3. The van der Waals surface area contributed by atoms with E-state index in [1.54, 1.807) is 118 Å². The van der Waals surface area contributed by atoms with Crippen molar-refractivity contribution in [2.75, 3.05) is 14.2 Å². The summed E-state index contributed by atoms with van der Waals surface area (Å²) in [5, 5.41) is 0.569. The van der Waals surface area contributed by atoms with Gasteiger partial charge < -0.3 is 19.2 Å². The van der Waals surface area contributed by atoms with Crippen LogP contribution in [0.5, 0.6) is 17.2 Å². The fraction of sp³-hybridized carbons (Fsp3) is 0.244. The van der Waals surface area contributed by atoms with Gasteiger partial charge in [0.05, 0.1) is 24.6 Å². The molecule has 320 valence electrons. The summed E-state index contributed by atoms with van der Waals surface area (Å²) in [6.45, 7) is 8.93. The van der Waals surface area contributed by atoms with Crippen molar-refractivity contribution in [3.05, 3.63) is 143 Å². The zero-order valence-corrected chi connectivity index (χ0v) is 37.3. The number of aryl methyl sites for hydroxylation is 1. The summed E-state index contributed by atoms with van der Waals surface area (Å²) in [5.41, 5.74) is 2.78. The maximum Gasteiger partial charge on any atom is 0.269 e. The zero-order valence-electron chi connectivity index (χ0n) is 34.8. The van der Waals surface area contributed by atoms with Gasteiger partial charge in [-0.15, -0.1) is 0 Å². The van der Waals surface area contributed by atoms with E-state index in [1.165, 1.54) is 18.2 Å². The third-order valence-corrected chi connectivity index (χ3v) is 15.0. The lowest BCUT2D eigenvalue weighted by Crippen LogP contribution is -2.30. The topological polar surface area (TPSA) is 175 Å². The summed E-state index contributed by atoms with van der Waals surface area (Å²) in [6, 6.07) is 31.8. The smallest absolute Gasteiger partial charge is 0.269 e. The lowest BCUT2D eigenvalue weighted by atomic mass is 9.87. The Labute approximate surface area is 356 Å². The summed E-state index contributed by atoms with van der Waals surface area (Å²) in [7, 11) is -10.2. The number of para-hydroxylation sites is 2. The molecule has 0 bridgehead atoms. The Hall–Kier alpha value is -5.65. The van der Waals surface area contributed by atoms with E-state index in [4.69, 9.17) is 14.2 Å². The van der Waals surface area contributed by atoms with Crippen LogP contribution < -0.4 is 23.7 Å². The highest BCUT2D eigenvalue weighted by Crippen LogP contribution is 2.41. The Morgan fingerprint density at radius 2 is 1.33 bits per heavy atom. The monoisotopic (exact) mass is 884 g/mol. The number of ether oxygens (including phenoxy) is 3. The molecule has 2 aromatic heterocycles. The fourth-order valence-electron chi connectivity index (χ4n) is 7.52. The predicted octanol–water partition coefficient (Wildman–Crippen LogP) is 8.08. The largest absolute Gasteiger partial charge is 0.497 e. The number of nitrogens with one attached hydrogen (secondary N) is 3. The highest BCUT2D eigenvalue weighted by Gasteiger charge is 2.38. The summed E-state index contributed by atoms with van der Waals surface area (Å²) in [4.78, 5) is 2.80. The molecule has 2 heterocycles. The lowest BCUT2D eigenvalue weighted by Gasteiger charge is -2.22. The van der Waals surface area contributed by atoms with Crippen molar-refractivity contribution in [1.29, 1.82) is 0 Å². The van der Waals surface area contributed by atoms with E-state index in [0.717, 1.165) is 9.54 Å². The average molecular weight is 885 g/mol. The van der Waals surface area contributed by atoms with Crippen LogP contribution in [0.2, 0.25) is 0 Å². The van der Waals surface area contributed by atoms with E-state index in [1.807, 2.05) is 27.7 Å². The Bertz CT molecular complexity index is 3100. The number of sulfonamides is 2. The first-order valence-electron chi connectivity index (χ1n) is 19.4. The average Bonchev–Trinajstić information content (AvgIpc) is 3.82. The Kier molecular flexibility index (Phi) is 11.9. The van der Waals surface area contributed by atoms with Gasteiger partial charge in [0.25, 0.3) is 30.1 Å². The van der Waals surface area contributed by atoms with E-state index in [0.29, 0.717) is 50.0 Å². The van der Waals surface area contributed by atoms with Crippen LogP contribution in [0.3, 0.4) is 0 Å². The number of rotatable bonds is 15. The van der Waals surface area contributed by atoms with E-state index < -0.39 is 46.6 Å². The van der Waals surface area contributed by atoms with Crippen LogP contribution in [0.25, 0.3) is 21.8 Å². The molecule has 0 aliphatic rings. The fourth-order valence-corrected chi connectivity index (χ4v) is 12.4. The maximum atomic E-state index is 15.0. The Balaban J connectivity index is 1.26. The molecule has 0 spiro atoms. The van der Waals surface area contributed by atoms with Gasteiger partial charge in [0.15, 0.2) is 10.1 Å². The van der Waals surface area contributed by atoms with Crippen molar-refractivity contribution in [2.24, 2.45) is 0 Å². The second-order valence-electron chi connectivity index (χ2n) is 15.7. The minimum absolute atomic E-state index is 0.00958. The number of benzene rings is 5. The van der Waals surface area contributed by atoms with Crippen LogP contribution in [0, 0.1) is 6.92 Å². The van der Waals surface area contributed by atoms with Crippen LogP contribution in [0.15, 0.2) is 130 Å². The van der Waals surface area contributed by atoms with Gasteiger partial charge in [0.1, 0.15) is 23.4 Å². The van der Waals surface area contributed by atoms with Crippen LogP contribution in [0.4, 0.5) is 0 Å². The molecule has 61 heavy (non-hydrogen) atoms. The normalized spacial score (nSPS) is 13.1. The van der Waals surface area contributed by atoms with E-state index in [-0.39, 0.29) is 34.3 Å². The molecule has 16 heteroatoms. The van der Waals surface area contributed by atoms with Gasteiger partial charge in [0.2, 0.25) is 0 Å². The molecule has 1 unspecified atom stereocenters. The molecule has 0 saturated heterocycles. The summed E-state index contributed by atoms with van der Waals surface area (Å²) < 4.78 is 110. The number of aromatic nitrogens is 2. The molecular formula is C45H48N4O9S3. The molecule has 3 N–H and O–H groups in total. The van der Waals surface area contributed by atoms with Crippen LogP contribution in [-0.4, -0.2) is 48.4 Å². The third kappa shape index (κ3) is 8.63. The first-order chi connectivity index (χ1) is 28.9. The number of hydrogen-bond donors (Lipinski definition) is 3. The van der Waals surface area contributed by atoms with Crippen molar-refractivity contribution in [3.63, 3.8) is 0 Å². The number of nitrogens with zero attached hydrogens (tertiary/aromatic N) is 1. The molecule has 0 saturated carbocycles. The number of hydrogen-bond acceptors (Lipinski definition) is 9. The van der Waals surface area contributed by atoms with E-state index >= 15 is 0 Å². The molecule has 7 rings (SSSR count). The number of H-pyrrole nitrogens is 1. The van der Waals surface area contributed by atoms with Gasteiger partial charge in [-0.25, -0.2) is 38.7 Å². The number of fused-ring (bicyclic) bond motifs is 2. The minimum atomic E-state index is -4.65. The molecule has 1 atom stereocenters. The van der Waals surface area contributed by atoms with Crippen LogP contribution >= 0.6 is 0 Å². The van der Waals surface area contributed by atoms with Crippen LogP contribution in [0.1, 0.15) is 61.6 Å². The summed E-state index contributed by atoms with van der Waals surface area (Å²) in [5.74, 6) is 1.40. The summed E-state index contributed by atoms with van der Waals surface area (Å²) in [6.07, 6.45) is -0.914. The molecule has 13 nitrogen and oxygen atoms in total. The van der Waals surface area contributed by atoms with Gasteiger partial charge in [-0.2, -0.15) is 0 Å². The first-order valence-corrected chi connectivity index (χ1v) is 23.8. The van der Waals surface area contributed by atoms with Gasteiger partial charge in [-0.05, 0) is 78.4 Å². The van der Waals surface area contributed by atoms with Crippen molar-refractivity contribution < 1.29 is 39.5 Å². The minimum Gasteiger partial charge on any atom is -0.497 e. The molecule has 0 radical (unpaired) electrons. The third-order valence-electron chi connectivity index (χ3n) is 10.4. The van der Waals surface area contributed by atoms with Crippen LogP contribution in [-0.2, 0) is 48.6 Å². The van der Waals surface area contributed by atoms with Gasteiger partial charge in [-0.1, -0.05) is 87.5 Å². The summed E-state index contributed by atoms with van der Waals surface area (Å²) >= 11 is 0. The van der Waals surface area contributed by atoms with Crippen molar-refractivity contribution in [1.82, 2.24) is 18.4 Å². The van der Waals surface area contributed by atoms with E-state index in [9.17, 15) is 25.3 Å². The SMILES string of the molecule is COc1ccc(CNS(=O)(=O)c2[nH]c3ccccc3c2C(C)Oc2cccc(S(=O)(=O)n3c(S(=O)(=O)NCc4ccc(OC)c(C)c4)c(C(C)(C)C)c4ccccc43)c2)cc1. The highest BCUT2D eigenvalue weighted by molar-refractivity contribution is 7.92. The van der Waals surface area contributed by atoms with E-state index in [2.05, 4.69) is 14.4 Å². The molecular weight excluding hydrogens is 837 g/mol. The molecule has 0 aliphatic carbocycles. The molecule has 0 aliphatic heterocycles. The maximum absolute atomic E-state index is 15.0. The second kappa shape index (κ2) is 16.7. The number of aromatic amines is 1. The van der Waals surface area contributed by atoms with Gasteiger partial charge >= 0.3 is 0 Å². The van der Waals surface area contributed by atoms with Crippen molar-refractivity contribution in [3.8, 4) is 17.2 Å². The number of methoxy groups -OCH3 is 2. The Morgan fingerprint density at radius 3 is 2.00 bits per heavy atom. The molecule has 5 aromatic carbocycles. The molecule has 0 amide bonds. The lowest BCUT2D eigenvalue weighted by molar-refractivity contribution is 0.224. The molecule has 7 aromatic rings. The predicted molar refractivity (Wildman–Crippen MR) is 236 cm³/mol. The second-order valence-corrected chi connectivity index (χ2v) is 20.8. The quantitative estimate of drug-likeness (QED) is 0.0920.